The van der Waals surface area contributed by atoms with Gasteiger partial charge in [-0.05, 0) is 73.5 Å². The minimum Gasteiger partial charge on any atom is -0.508 e. The van der Waals surface area contributed by atoms with Gasteiger partial charge in [-0.25, -0.2) is 9.59 Å². The second kappa shape index (κ2) is 22.0. The van der Waals surface area contributed by atoms with Gasteiger partial charge in [0.05, 0.1) is 11.1 Å². The van der Waals surface area contributed by atoms with E-state index in [-0.39, 0.29) is 23.0 Å². The van der Waals surface area contributed by atoms with Gasteiger partial charge in [-0.3, -0.25) is 9.59 Å². The zero-order chi connectivity index (χ0) is 50.0. The number of unbranched alkanes of at least 4 members (excludes halogenated alkanes) is 8. The summed E-state index contributed by atoms with van der Waals surface area (Å²) in [6.07, 6.45) is 11.8. The van der Waals surface area contributed by atoms with E-state index in [4.69, 9.17) is 29.2 Å². The van der Waals surface area contributed by atoms with Crippen molar-refractivity contribution in [2.45, 2.75) is 102 Å². The molecule has 6 N–H and O–H groups in total. The van der Waals surface area contributed by atoms with E-state index in [0.29, 0.717) is 80.3 Å². The number of carbonyl (C=O) groups excluding carboxylic acids is 2. The molecule has 364 valence electrons. The maximum absolute atomic E-state index is 12.5. The average molecular weight is 953 g/mol. The standard InChI is InChI=1S/2C20H12O5.2C8H16O2/c2*21-11-5-7-15-17(9-11)24-18-10-12(22)6-8-16(18)20(15)14-4-2-1-3-13(14)19(23)25-20;2*1-2-3-4-5-6-7-8(9)10/h2*1-10,21-22H;2*2-7H2,1H3,(H,9,10). The molecule has 0 saturated heterocycles. The average Bonchev–Trinajstić information content (AvgIpc) is 3.79. The van der Waals surface area contributed by atoms with E-state index in [1.54, 1.807) is 48.5 Å². The molecule has 0 atom stereocenters. The van der Waals surface area contributed by atoms with Crippen LogP contribution in [0, 0.1) is 0 Å². The van der Waals surface area contributed by atoms with Gasteiger partial charge in [-0.2, -0.15) is 0 Å². The first-order valence-electron chi connectivity index (χ1n) is 23.5. The molecule has 0 amide bonds. The second-order valence-electron chi connectivity index (χ2n) is 17.3. The largest absolute Gasteiger partial charge is 0.508 e. The topological polar surface area (TPSA) is 227 Å². The van der Waals surface area contributed by atoms with E-state index in [2.05, 4.69) is 13.8 Å². The molecule has 70 heavy (non-hydrogen) atoms. The minimum absolute atomic E-state index is 0.0371. The number of aliphatic carboxylic acids is 2. The Bertz CT molecular complexity index is 2590. The molecular formula is C56H56O14. The zero-order valence-corrected chi connectivity index (χ0v) is 39.0. The van der Waals surface area contributed by atoms with Gasteiger partial charge in [0.25, 0.3) is 0 Å². The summed E-state index contributed by atoms with van der Waals surface area (Å²) in [5.74, 6) is -0.523. The highest BCUT2D eigenvalue weighted by molar-refractivity contribution is 5.98. The summed E-state index contributed by atoms with van der Waals surface area (Å²) in [6, 6.07) is 33.2. The summed E-state index contributed by atoms with van der Waals surface area (Å²) in [7, 11) is 0. The van der Waals surface area contributed by atoms with Gasteiger partial charge in [-0.1, -0.05) is 102 Å². The molecule has 4 aliphatic rings. The van der Waals surface area contributed by atoms with Crippen LogP contribution in [0.15, 0.2) is 121 Å². The van der Waals surface area contributed by atoms with Crippen LogP contribution in [0.2, 0.25) is 0 Å². The second-order valence-corrected chi connectivity index (χ2v) is 17.3. The summed E-state index contributed by atoms with van der Waals surface area (Å²) in [6.45, 7) is 4.30. The number of rotatable bonds is 12. The van der Waals surface area contributed by atoms with Gasteiger partial charge >= 0.3 is 23.9 Å². The first-order chi connectivity index (χ1) is 33.7. The molecule has 4 aliphatic heterocycles. The first kappa shape index (κ1) is 49.9. The number of carboxylic acids is 2. The fourth-order valence-electron chi connectivity index (χ4n) is 9.07. The molecule has 0 radical (unpaired) electrons. The molecule has 0 aromatic heterocycles. The number of aromatic hydroxyl groups is 4. The van der Waals surface area contributed by atoms with E-state index < -0.39 is 35.1 Å². The van der Waals surface area contributed by atoms with Gasteiger partial charge in [0.1, 0.15) is 46.0 Å². The number of phenolic OH excluding ortho intramolecular Hbond substituents is 4. The van der Waals surface area contributed by atoms with Gasteiger partial charge in [0.15, 0.2) is 11.2 Å². The van der Waals surface area contributed by atoms with Gasteiger partial charge in [-0.15, -0.1) is 0 Å². The lowest BCUT2D eigenvalue weighted by molar-refractivity contribution is -0.138. The van der Waals surface area contributed by atoms with Crippen molar-refractivity contribution in [1.29, 1.82) is 0 Å². The Kier molecular flexibility index (Phi) is 15.7. The van der Waals surface area contributed by atoms with Crippen molar-refractivity contribution in [2.75, 3.05) is 0 Å². The number of carboxylic acid groups (broad SMARTS) is 2. The van der Waals surface area contributed by atoms with Gasteiger partial charge in [0, 0.05) is 70.5 Å². The molecule has 6 aromatic rings. The SMILES string of the molecule is CCCCCCCC(=O)O.CCCCCCCC(=O)O.O=C1OC2(c3ccc(O)cc3Oc3cc(O)ccc32)c2ccccc21.O=C1OC2(c3ccc(O)cc3Oc3cc(O)ccc32)c2ccccc21. The maximum atomic E-state index is 12.5. The van der Waals surface area contributed by atoms with Crippen LogP contribution in [0.3, 0.4) is 0 Å². The van der Waals surface area contributed by atoms with E-state index in [1.807, 2.05) is 24.3 Å². The van der Waals surface area contributed by atoms with Gasteiger partial charge < -0.3 is 49.6 Å². The molecule has 10 rings (SSSR count). The minimum atomic E-state index is -1.17. The van der Waals surface area contributed by atoms with Crippen molar-refractivity contribution in [3.63, 3.8) is 0 Å². The molecule has 14 heteroatoms. The number of fused-ring (bicyclic) bond motifs is 12. The third-order valence-corrected chi connectivity index (χ3v) is 12.4. The summed E-state index contributed by atoms with van der Waals surface area (Å²) in [5.41, 5.74) is 2.57. The highest BCUT2D eigenvalue weighted by atomic mass is 16.6. The number of phenols is 4. The number of hydrogen-bond donors (Lipinski definition) is 6. The molecular weight excluding hydrogens is 897 g/mol. The highest BCUT2D eigenvalue weighted by Gasteiger charge is 2.55. The smallest absolute Gasteiger partial charge is 0.340 e. The van der Waals surface area contributed by atoms with Crippen molar-refractivity contribution >= 4 is 23.9 Å². The molecule has 0 fully saturated rings. The molecule has 2 spiro atoms. The van der Waals surface area contributed by atoms with Crippen molar-refractivity contribution in [3.05, 3.63) is 166 Å². The lowest BCUT2D eigenvalue weighted by Gasteiger charge is -2.36. The van der Waals surface area contributed by atoms with E-state index in [9.17, 15) is 39.6 Å². The van der Waals surface area contributed by atoms with Crippen LogP contribution >= 0.6 is 0 Å². The third-order valence-electron chi connectivity index (χ3n) is 12.4. The van der Waals surface area contributed by atoms with Crippen LogP contribution in [0.4, 0.5) is 0 Å². The molecule has 4 heterocycles. The van der Waals surface area contributed by atoms with Crippen LogP contribution in [0.5, 0.6) is 46.0 Å². The Morgan fingerprint density at radius 3 is 1.01 bits per heavy atom. The molecule has 0 bridgehead atoms. The lowest BCUT2D eigenvalue weighted by atomic mass is 9.77. The highest BCUT2D eigenvalue weighted by Crippen LogP contribution is 2.58. The van der Waals surface area contributed by atoms with Crippen LogP contribution in [-0.4, -0.2) is 54.5 Å². The number of carbonyl (C=O) groups is 4. The van der Waals surface area contributed by atoms with Crippen LogP contribution in [-0.2, 0) is 30.3 Å². The summed E-state index contributed by atoms with van der Waals surface area (Å²) in [5, 5.41) is 55.9. The zero-order valence-electron chi connectivity index (χ0n) is 39.0. The van der Waals surface area contributed by atoms with E-state index >= 15 is 0 Å². The Hall–Kier alpha value is -8.00. The summed E-state index contributed by atoms with van der Waals surface area (Å²) >= 11 is 0. The Balaban J connectivity index is 0.000000151. The molecule has 0 saturated carbocycles. The third kappa shape index (κ3) is 10.4. The molecule has 14 nitrogen and oxygen atoms in total. The van der Waals surface area contributed by atoms with Crippen molar-refractivity contribution in [1.82, 2.24) is 0 Å². The summed E-state index contributed by atoms with van der Waals surface area (Å²) in [4.78, 5) is 45.1. The Labute approximate surface area is 405 Å². The first-order valence-corrected chi connectivity index (χ1v) is 23.5. The lowest BCUT2D eigenvalue weighted by Crippen LogP contribution is -2.32. The summed E-state index contributed by atoms with van der Waals surface area (Å²) < 4.78 is 23.6. The van der Waals surface area contributed by atoms with Crippen LogP contribution in [0.1, 0.15) is 145 Å². The van der Waals surface area contributed by atoms with E-state index in [1.165, 1.54) is 87.1 Å². The van der Waals surface area contributed by atoms with Crippen LogP contribution < -0.4 is 9.47 Å². The predicted molar refractivity (Wildman–Crippen MR) is 258 cm³/mol. The maximum Gasteiger partial charge on any atom is 0.340 e. The molecule has 6 aromatic carbocycles. The number of ether oxygens (including phenoxy) is 4. The van der Waals surface area contributed by atoms with Crippen molar-refractivity contribution < 1.29 is 68.8 Å². The predicted octanol–water partition coefficient (Wildman–Crippen LogP) is 12.2. The fraction of sp³-hybridized carbons (Fsp3) is 0.286. The van der Waals surface area contributed by atoms with Crippen molar-refractivity contribution in [2.24, 2.45) is 0 Å². The fourth-order valence-corrected chi connectivity index (χ4v) is 9.07. The van der Waals surface area contributed by atoms with Crippen molar-refractivity contribution in [3.8, 4) is 46.0 Å². The van der Waals surface area contributed by atoms with E-state index in [0.717, 1.165) is 25.7 Å². The Morgan fingerprint density at radius 2 is 0.714 bits per heavy atom. The normalized spacial score (nSPS) is 14.0. The Morgan fingerprint density at radius 1 is 0.414 bits per heavy atom. The number of esters is 2. The van der Waals surface area contributed by atoms with Crippen LogP contribution in [0.25, 0.3) is 0 Å². The number of hydrogen-bond acceptors (Lipinski definition) is 12. The monoisotopic (exact) mass is 952 g/mol. The quantitative estimate of drug-likeness (QED) is 0.0496. The number of benzene rings is 6. The van der Waals surface area contributed by atoms with Gasteiger partial charge in [0.2, 0.25) is 0 Å². The molecule has 0 unspecified atom stereocenters. The molecule has 0 aliphatic carbocycles.